The van der Waals surface area contributed by atoms with E-state index in [1.807, 2.05) is 63.2 Å². The lowest BCUT2D eigenvalue weighted by Gasteiger charge is -2.34. The van der Waals surface area contributed by atoms with Crippen molar-refractivity contribution in [3.8, 4) is 5.75 Å². The molecule has 44 heavy (non-hydrogen) atoms. The smallest absolute Gasteiger partial charge is 0.264 e. The summed E-state index contributed by atoms with van der Waals surface area (Å²) in [5.74, 6) is -0.242. The summed E-state index contributed by atoms with van der Waals surface area (Å²) in [6.07, 6.45) is 0.241. The molecule has 4 rings (SSSR count). The van der Waals surface area contributed by atoms with Crippen LogP contribution in [0.4, 0.5) is 5.69 Å². The van der Waals surface area contributed by atoms with E-state index in [0.717, 1.165) is 21.0 Å². The van der Waals surface area contributed by atoms with Gasteiger partial charge in [0.25, 0.3) is 10.0 Å². The van der Waals surface area contributed by atoms with Crippen LogP contribution in [-0.4, -0.2) is 50.9 Å². The number of nitrogens with zero attached hydrogens (tertiary/aromatic N) is 2. The summed E-state index contributed by atoms with van der Waals surface area (Å²) in [7, 11) is -2.58. The van der Waals surface area contributed by atoms with E-state index >= 15 is 0 Å². The molecule has 2 amide bonds. The number of para-hydroxylation sites is 1. The Morgan fingerprint density at radius 3 is 2.05 bits per heavy atom. The number of sulfonamides is 1. The summed E-state index contributed by atoms with van der Waals surface area (Å²) in [5.41, 5.74) is 2.86. The largest absolute Gasteiger partial charge is 0.497 e. The minimum Gasteiger partial charge on any atom is -0.497 e. The SMILES string of the molecule is COc1cccc(CN(C(=O)CN(c2ccccc2)S(=O)(=O)c2ccc(C)cc2)[C@@H](Cc2ccccc2)C(=O)NC(C)C)c1. The minimum atomic E-state index is -4.14. The van der Waals surface area contributed by atoms with Crippen molar-refractivity contribution in [3.05, 3.63) is 126 Å². The van der Waals surface area contributed by atoms with E-state index in [4.69, 9.17) is 4.74 Å². The molecule has 0 aliphatic heterocycles. The molecule has 4 aromatic carbocycles. The van der Waals surface area contributed by atoms with Gasteiger partial charge in [0.15, 0.2) is 0 Å². The van der Waals surface area contributed by atoms with E-state index < -0.39 is 28.5 Å². The molecule has 4 aromatic rings. The van der Waals surface area contributed by atoms with Gasteiger partial charge in [-0.25, -0.2) is 8.42 Å². The lowest BCUT2D eigenvalue weighted by atomic mass is 10.0. The maximum Gasteiger partial charge on any atom is 0.264 e. The molecular weight excluding hydrogens is 574 g/mol. The highest BCUT2D eigenvalue weighted by Crippen LogP contribution is 2.25. The number of amides is 2. The highest BCUT2D eigenvalue weighted by atomic mass is 32.2. The fourth-order valence-corrected chi connectivity index (χ4v) is 6.28. The number of benzene rings is 4. The van der Waals surface area contributed by atoms with Crippen LogP contribution in [0.1, 0.15) is 30.5 Å². The molecule has 0 fully saturated rings. The first-order chi connectivity index (χ1) is 21.1. The lowest BCUT2D eigenvalue weighted by molar-refractivity contribution is -0.140. The summed E-state index contributed by atoms with van der Waals surface area (Å²) >= 11 is 0. The molecule has 0 saturated carbocycles. The van der Waals surface area contributed by atoms with Crippen molar-refractivity contribution in [3.63, 3.8) is 0 Å². The summed E-state index contributed by atoms with van der Waals surface area (Å²) in [6.45, 7) is 5.14. The third kappa shape index (κ3) is 8.26. The van der Waals surface area contributed by atoms with Crippen LogP contribution in [0.15, 0.2) is 114 Å². The van der Waals surface area contributed by atoms with Gasteiger partial charge in [0.05, 0.1) is 17.7 Å². The molecule has 0 unspecified atom stereocenters. The van der Waals surface area contributed by atoms with Crippen LogP contribution in [0.5, 0.6) is 5.75 Å². The monoisotopic (exact) mass is 613 g/mol. The third-order valence-corrected chi connectivity index (χ3v) is 8.91. The topological polar surface area (TPSA) is 96.0 Å². The third-order valence-electron chi connectivity index (χ3n) is 7.12. The standard InChI is InChI=1S/C35H39N3O5S/c1-26(2)36-35(40)33(23-28-12-7-5-8-13-28)37(24-29-14-11-17-31(22-29)43-4)34(39)25-38(30-15-9-6-10-16-30)44(41,42)32-20-18-27(3)19-21-32/h5-22,26,33H,23-25H2,1-4H3,(H,36,40)/t33-/m0/s1. The van der Waals surface area contributed by atoms with Crippen LogP contribution in [-0.2, 0) is 32.6 Å². The summed E-state index contributed by atoms with van der Waals surface area (Å²) < 4.78 is 34.6. The van der Waals surface area contributed by atoms with Crippen molar-refractivity contribution < 1.29 is 22.7 Å². The molecule has 1 N–H and O–H groups in total. The molecule has 0 aromatic heterocycles. The van der Waals surface area contributed by atoms with Gasteiger partial charge in [0.1, 0.15) is 18.3 Å². The lowest BCUT2D eigenvalue weighted by Crippen LogP contribution is -2.54. The molecule has 0 bridgehead atoms. The molecular formula is C35H39N3O5S. The maximum atomic E-state index is 14.4. The Balaban J connectivity index is 1.79. The zero-order chi connectivity index (χ0) is 31.7. The van der Waals surface area contributed by atoms with Crippen LogP contribution in [0.25, 0.3) is 0 Å². The number of methoxy groups -OCH3 is 1. The first kappa shape index (κ1) is 32.3. The van der Waals surface area contributed by atoms with Crippen LogP contribution < -0.4 is 14.4 Å². The maximum absolute atomic E-state index is 14.4. The number of carbonyl (C=O) groups is 2. The molecule has 1 atom stereocenters. The predicted molar refractivity (Wildman–Crippen MR) is 173 cm³/mol. The second-order valence-corrected chi connectivity index (χ2v) is 12.8. The quantitative estimate of drug-likeness (QED) is 0.219. The van der Waals surface area contributed by atoms with Crippen LogP contribution in [0.2, 0.25) is 0 Å². The van der Waals surface area contributed by atoms with Gasteiger partial charge in [0, 0.05) is 19.0 Å². The molecule has 0 aliphatic rings. The number of ether oxygens (including phenoxy) is 1. The van der Waals surface area contributed by atoms with Gasteiger partial charge in [-0.2, -0.15) is 0 Å². The highest BCUT2D eigenvalue weighted by Gasteiger charge is 2.34. The number of hydrogen-bond acceptors (Lipinski definition) is 5. The van der Waals surface area contributed by atoms with E-state index in [1.165, 1.54) is 17.0 Å². The van der Waals surface area contributed by atoms with Gasteiger partial charge in [-0.05, 0) is 68.3 Å². The number of anilines is 1. The van der Waals surface area contributed by atoms with Gasteiger partial charge < -0.3 is 15.0 Å². The van der Waals surface area contributed by atoms with Gasteiger partial charge in [-0.3, -0.25) is 13.9 Å². The van der Waals surface area contributed by atoms with Crippen molar-refractivity contribution in [2.75, 3.05) is 18.0 Å². The Kier molecular flexibility index (Phi) is 10.8. The summed E-state index contributed by atoms with van der Waals surface area (Å²) in [6, 6.07) is 30.7. The van der Waals surface area contributed by atoms with E-state index in [1.54, 1.807) is 61.7 Å². The fraction of sp³-hybridized carbons (Fsp3) is 0.257. The predicted octanol–water partition coefficient (Wildman–Crippen LogP) is 5.36. The normalized spacial score (nSPS) is 11.9. The average molecular weight is 614 g/mol. The molecule has 0 saturated heterocycles. The van der Waals surface area contributed by atoms with Gasteiger partial charge in [-0.15, -0.1) is 0 Å². The zero-order valence-corrected chi connectivity index (χ0v) is 26.3. The Bertz CT molecular complexity index is 1640. The van der Waals surface area contributed by atoms with Gasteiger partial charge in [-0.1, -0.05) is 78.4 Å². The highest BCUT2D eigenvalue weighted by molar-refractivity contribution is 7.92. The first-order valence-electron chi connectivity index (χ1n) is 14.5. The second kappa shape index (κ2) is 14.7. The molecule has 0 radical (unpaired) electrons. The zero-order valence-electron chi connectivity index (χ0n) is 25.5. The average Bonchev–Trinajstić information content (AvgIpc) is 3.02. The van der Waals surface area contributed by atoms with Gasteiger partial charge >= 0.3 is 0 Å². The van der Waals surface area contributed by atoms with Crippen molar-refractivity contribution in [2.24, 2.45) is 0 Å². The molecule has 0 aliphatic carbocycles. The molecule has 0 spiro atoms. The summed E-state index contributed by atoms with van der Waals surface area (Å²) in [5, 5.41) is 2.96. The Morgan fingerprint density at radius 1 is 0.818 bits per heavy atom. The molecule has 9 heteroatoms. The van der Waals surface area contributed by atoms with E-state index in [2.05, 4.69) is 5.32 Å². The molecule has 0 heterocycles. The van der Waals surface area contributed by atoms with Crippen LogP contribution >= 0.6 is 0 Å². The Morgan fingerprint density at radius 2 is 1.43 bits per heavy atom. The van der Waals surface area contributed by atoms with Crippen molar-refractivity contribution >= 4 is 27.5 Å². The molecule has 230 valence electrons. The van der Waals surface area contributed by atoms with E-state index in [0.29, 0.717) is 11.4 Å². The summed E-state index contributed by atoms with van der Waals surface area (Å²) in [4.78, 5) is 29.7. The van der Waals surface area contributed by atoms with E-state index in [9.17, 15) is 18.0 Å². The van der Waals surface area contributed by atoms with Crippen LogP contribution in [0.3, 0.4) is 0 Å². The minimum absolute atomic E-state index is 0.0618. The first-order valence-corrected chi connectivity index (χ1v) is 15.9. The number of rotatable bonds is 13. The second-order valence-electron chi connectivity index (χ2n) is 10.9. The van der Waals surface area contributed by atoms with Crippen molar-refractivity contribution in [1.82, 2.24) is 10.2 Å². The fourth-order valence-electron chi connectivity index (χ4n) is 4.86. The van der Waals surface area contributed by atoms with Gasteiger partial charge in [0.2, 0.25) is 11.8 Å². The van der Waals surface area contributed by atoms with Crippen molar-refractivity contribution in [2.45, 2.75) is 50.7 Å². The Labute approximate surface area is 260 Å². The number of nitrogens with one attached hydrogen (secondary N) is 1. The van der Waals surface area contributed by atoms with Crippen LogP contribution in [0, 0.1) is 6.92 Å². The number of aryl methyl sites for hydroxylation is 1. The van der Waals surface area contributed by atoms with Crippen molar-refractivity contribution in [1.29, 1.82) is 0 Å². The number of hydrogen-bond donors (Lipinski definition) is 1. The molecule has 8 nitrogen and oxygen atoms in total. The van der Waals surface area contributed by atoms with E-state index in [-0.39, 0.29) is 29.8 Å². The Hall–Kier alpha value is -4.63. The number of carbonyl (C=O) groups excluding carboxylic acids is 2.